The number of amides is 1. The third kappa shape index (κ3) is 3.64. The summed E-state index contributed by atoms with van der Waals surface area (Å²) >= 11 is 0. The molecule has 6 nitrogen and oxygen atoms in total. The van der Waals surface area contributed by atoms with Crippen LogP contribution in [0.5, 0.6) is 0 Å². The van der Waals surface area contributed by atoms with Gasteiger partial charge in [-0.2, -0.15) is 13.2 Å². The summed E-state index contributed by atoms with van der Waals surface area (Å²) in [4.78, 5) is 23.6. The summed E-state index contributed by atoms with van der Waals surface area (Å²) in [5.74, 6) is -3.29. The second kappa shape index (κ2) is 5.51. The SMILES string of the molecule is N=C1C=CC2=C(C(N)=O)N=CC2=C1.O=C(O)C(F)(F)F. The minimum atomic E-state index is -5.08. The van der Waals surface area contributed by atoms with Crippen molar-refractivity contribution >= 4 is 23.8 Å². The number of allylic oxidation sites excluding steroid dienone is 5. The molecule has 4 N–H and O–H groups in total. The highest BCUT2D eigenvalue weighted by Gasteiger charge is 2.38. The van der Waals surface area contributed by atoms with Gasteiger partial charge in [0.2, 0.25) is 0 Å². The first-order valence-corrected chi connectivity index (χ1v) is 5.00. The van der Waals surface area contributed by atoms with Gasteiger partial charge in [-0.25, -0.2) is 9.79 Å². The molecule has 1 amide bonds. The molecule has 0 unspecified atom stereocenters. The molecule has 0 atom stereocenters. The molecule has 0 bridgehead atoms. The fourth-order valence-corrected chi connectivity index (χ4v) is 1.29. The highest BCUT2D eigenvalue weighted by Crippen LogP contribution is 2.24. The average molecular weight is 287 g/mol. The van der Waals surface area contributed by atoms with E-state index in [-0.39, 0.29) is 5.70 Å². The molecule has 0 aromatic heterocycles. The zero-order chi connectivity index (χ0) is 15.5. The van der Waals surface area contributed by atoms with Crippen molar-refractivity contribution in [2.24, 2.45) is 10.7 Å². The largest absolute Gasteiger partial charge is 0.490 e. The Labute approximate surface area is 110 Å². The van der Waals surface area contributed by atoms with Crippen LogP contribution >= 0.6 is 0 Å². The van der Waals surface area contributed by atoms with Crippen LogP contribution in [0.15, 0.2) is 40.1 Å². The van der Waals surface area contributed by atoms with E-state index in [1.54, 1.807) is 24.4 Å². The highest BCUT2D eigenvalue weighted by molar-refractivity contribution is 6.13. The topological polar surface area (TPSA) is 117 Å². The summed E-state index contributed by atoms with van der Waals surface area (Å²) in [6, 6.07) is 0. The first kappa shape index (κ1) is 15.3. The molecule has 20 heavy (non-hydrogen) atoms. The molecule has 2 aliphatic rings. The summed E-state index contributed by atoms with van der Waals surface area (Å²) in [5.41, 5.74) is 7.28. The number of halogens is 3. The first-order chi connectivity index (χ1) is 9.12. The fraction of sp³-hybridized carbons (Fsp3) is 0.0909. The molecule has 0 aromatic rings. The van der Waals surface area contributed by atoms with Gasteiger partial charge < -0.3 is 16.2 Å². The molecule has 0 fully saturated rings. The number of carboxylic acid groups (broad SMARTS) is 1. The highest BCUT2D eigenvalue weighted by atomic mass is 19.4. The van der Waals surface area contributed by atoms with Gasteiger partial charge in [0.1, 0.15) is 5.70 Å². The van der Waals surface area contributed by atoms with E-state index in [2.05, 4.69) is 4.99 Å². The lowest BCUT2D eigenvalue weighted by Crippen LogP contribution is -2.21. The summed E-state index contributed by atoms with van der Waals surface area (Å²) in [5, 5.41) is 14.5. The van der Waals surface area contributed by atoms with Gasteiger partial charge in [0.25, 0.3) is 5.91 Å². The van der Waals surface area contributed by atoms with Crippen molar-refractivity contribution in [2.45, 2.75) is 6.18 Å². The Morgan fingerprint density at radius 2 is 1.85 bits per heavy atom. The minimum absolute atomic E-state index is 0.273. The number of hydrogen-bond acceptors (Lipinski definition) is 4. The first-order valence-electron chi connectivity index (χ1n) is 5.00. The number of aliphatic imine (C=N–C) groups is 1. The maximum absolute atomic E-state index is 10.9. The molecule has 1 aliphatic heterocycles. The van der Waals surface area contributed by atoms with Crippen molar-refractivity contribution in [3.05, 3.63) is 35.1 Å². The van der Waals surface area contributed by atoms with E-state index >= 15 is 0 Å². The molecule has 1 heterocycles. The predicted octanol–water partition coefficient (Wildman–Crippen LogP) is 0.959. The Hall–Kier alpha value is -2.71. The maximum Gasteiger partial charge on any atom is 0.490 e. The minimum Gasteiger partial charge on any atom is -0.475 e. The standard InChI is InChI=1S/C9H7N3O.C2HF3O2/c10-6-1-2-7-5(3-6)4-12-8(7)9(11)13;3-2(4,5)1(6)7/h1-4,10H,(H2,11,13);(H,6,7). The Morgan fingerprint density at radius 1 is 1.30 bits per heavy atom. The van der Waals surface area contributed by atoms with Crippen LogP contribution in [0, 0.1) is 5.41 Å². The number of nitrogens with two attached hydrogens (primary N) is 1. The molecule has 9 heteroatoms. The molecule has 0 saturated carbocycles. The van der Waals surface area contributed by atoms with E-state index in [9.17, 15) is 18.0 Å². The number of carbonyl (C=O) groups excluding carboxylic acids is 1. The van der Waals surface area contributed by atoms with Gasteiger partial charge in [0, 0.05) is 17.4 Å². The zero-order valence-electron chi connectivity index (χ0n) is 9.73. The van der Waals surface area contributed by atoms with Crippen LogP contribution in [0.25, 0.3) is 0 Å². The van der Waals surface area contributed by atoms with Gasteiger partial charge in [0.05, 0.1) is 5.71 Å². The van der Waals surface area contributed by atoms with Crippen LogP contribution in [-0.2, 0) is 9.59 Å². The van der Waals surface area contributed by atoms with Crippen LogP contribution in [0.4, 0.5) is 13.2 Å². The van der Waals surface area contributed by atoms with Crippen LogP contribution < -0.4 is 5.73 Å². The number of hydrogen-bond donors (Lipinski definition) is 3. The van der Waals surface area contributed by atoms with Gasteiger partial charge >= 0.3 is 12.1 Å². The second-order valence-electron chi connectivity index (χ2n) is 3.58. The maximum atomic E-state index is 10.9. The quantitative estimate of drug-likeness (QED) is 0.666. The third-order valence-corrected chi connectivity index (χ3v) is 2.12. The van der Waals surface area contributed by atoms with Gasteiger partial charge in [-0.1, -0.05) is 0 Å². The summed E-state index contributed by atoms with van der Waals surface area (Å²) in [6.07, 6.45) is 1.41. The third-order valence-electron chi connectivity index (χ3n) is 2.12. The van der Waals surface area contributed by atoms with Crippen molar-refractivity contribution in [3.8, 4) is 0 Å². The smallest absolute Gasteiger partial charge is 0.475 e. The number of carbonyl (C=O) groups is 2. The van der Waals surface area contributed by atoms with Crippen LogP contribution in [-0.4, -0.2) is 35.1 Å². The van der Waals surface area contributed by atoms with Gasteiger partial charge in [-0.15, -0.1) is 0 Å². The lowest BCUT2D eigenvalue weighted by molar-refractivity contribution is -0.192. The Bertz CT molecular complexity index is 598. The molecule has 1 aliphatic carbocycles. The van der Waals surface area contributed by atoms with E-state index in [1.807, 2.05) is 0 Å². The molecular formula is C11H8F3N3O3. The average Bonchev–Trinajstić information content (AvgIpc) is 2.71. The van der Waals surface area contributed by atoms with Gasteiger partial charge in [-0.3, -0.25) is 4.79 Å². The van der Waals surface area contributed by atoms with Crippen molar-refractivity contribution in [2.75, 3.05) is 0 Å². The van der Waals surface area contributed by atoms with Gasteiger partial charge in [0.15, 0.2) is 0 Å². The number of alkyl halides is 3. The Kier molecular flexibility index (Phi) is 4.23. The molecule has 2 rings (SSSR count). The van der Waals surface area contributed by atoms with E-state index in [1.165, 1.54) is 0 Å². The van der Waals surface area contributed by atoms with E-state index < -0.39 is 18.1 Å². The van der Waals surface area contributed by atoms with Crippen molar-refractivity contribution in [1.82, 2.24) is 0 Å². The summed E-state index contributed by atoms with van der Waals surface area (Å²) in [7, 11) is 0. The van der Waals surface area contributed by atoms with Crippen molar-refractivity contribution in [3.63, 3.8) is 0 Å². The Morgan fingerprint density at radius 3 is 2.30 bits per heavy atom. The van der Waals surface area contributed by atoms with Crippen LogP contribution in [0.3, 0.4) is 0 Å². The normalized spacial score (nSPS) is 16.4. The predicted molar refractivity (Wildman–Crippen MR) is 63.4 cm³/mol. The number of nitrogens with zero attached hydrogens (tertiary/aromatic N) is 1. The van der Waals surface area contributed by atoms with Crippen molar-refractivity contribution < 1.29 is 27.9 Å². The number of rotatable bonds is 1. The number of fused-ring (bicyclic) bond motifs is 1. The monoisotopic (exact) mass is 287 g/mol. The fourth-order valence-electron chi connectivity index (χ4n) is 1.29. The van der Waals surface area contributed by atoms with Gasteiger partial charge in [-0.05, 0) is 18.2 Å². The molecule has 106 valence electrons. The summed E-state index contributed by atoms with van der Waals surface area (Å²) in [6.45, 7) is 0. The molecule has 0 spiro atoms. The second-order valence-corrected chi connectivity index (χ2v) is 3.58. The van der Waals surface area contributed by atoms with E-state index in [4.69, 9.17) is 21.0 Å². The molecular weight excluding hydrogens is 279 g/mol. The number of carboxylic acids is 1. The van der Waals surface area contributed by atoms with E-state index in [0.29, 0.717) is 11.3 Å². The Balaban J connectivity index is 0.000000246. The lowest BCUT2D eigenvalue weighted by Gasteiger charge is -2.04. The number of nitrogens with one attached hydrogen (secondary N) is 1. The van der Waals surface area contributed by atoms with Crippen molar-refractivity contribution in [1.29, 1.82) is 5.41 Å². The number of aliphatic carboxylic acids is 1. The van der Waals surface area contributed by atoms with E-state index in [0.717, 1.165) is 5.57 Å². The molecule has 0 aromatic carbocycles. The molecule has 0 saturated heterocycles. The summed E-state index contributed by atoms with van der Waals surface area (Å²) < 4.78 is 31.7. The number of primary amides is 1. The lowest BCUT2D eigenvalue weighted by atomic mass is 10.00. The zero-order valence-corrected chi connectivity index (χ0v) is 9.73. The van der Waals surface area contributed by atoms with Crippen LogP contribution in [0.1, 0.15) is 0 Å². The van der Waals surface area contributed by atoms with Crippen LogP contribution in [0.2, 0.25) is 0 Å². The molecule has 0 radical (unpaired) electrons.